The Morgan fingerprint density at radius 2 is 1.88 bits per heavy atom. The van der Waals surface area contributed by atoms with Crippen LogP contribution < -0.4 is 10.1 Å². The zero-order valence-electron chi connectivity index (χ0n) is 14.8. The van der Waals surface area contributed by atoms with Crippen molar-refractivity contribution < 1.29 is 14.1 Å². The molecule has 0 aliphatic rings. The van der Waals surface area contributed by atoms with Crippen molar-refractivity contribution in [3.8, 4) is 5.75 Å². The molecule has 0 radical (unpaired) electrons. The first kappa shape index (κ1) is 18.0. The summed E-state index contributed by atoms with van der Waals surface area (Å²) in [7, 11) is 0. The number of ether oxygens (including phenoxy) is 1. The van der Waals surface area contributed by atoms with Crippen molar-refractivity contribution in [2.45, 2.75) is 27.4 Å². The maximum absolute atomic E-state index is 12.4. The second kappa shape index (κ2) is 7.62. The molecule has 1 heterocycles. The van der Waals surface area contributed by atoms with Gasteiger partial charge in [-0.1, -0.05) is 22.8 Å². The van der Waals surface area contributed by atoms with E-state index in [0.29, 0.717) is 28.6 Å². The van der Waals surface area contributed by atoms with Gasteiger partial charge in [0, 0.05) is 5.56 Å². The number of nitrogens with one attached hydrogen (secondary N) is 1. The lowest BCUT2D eigenvalue weighted by Gasteiger charge is -2.09. The molecule has 1 N–H and O–H groups in total. The molecule has 0 fully saturated rings. The van der Waals surface area contributed by atoms with E-state index in [9.17, 15) is 4.79 Å². The summed E-state index contributed by atoms with van der Waals surface area (Å²) in [4.78, 5) is 12.4. The maximum Gasteiger partial charge on any atom is 0.255 e. The van der Waals surface area contributed by atoms with Crippen molar-refractivity contribution in [1.82, 2.24) is 5.16 Å². The number of benzene rings is 2. The summed E-state index contributed by atoms with van der Waals surface area (Å²) < 4.78 is 10.9. The van der Waals surface area contributed by atoms with Gasteiger partial charge in [0.05, 0.1) is 22.0 Å². The minimum atomic E-state index is -0.229. The van der Waals surface area contributed by atoms with Crippen LogP contribution in [0.2, 0.25) is 5.02 Å². The number of carbonyl (C=O) groups excluding carboxylic acids is 1. The fourth-order valence-corrected chi connectivity index (χ4v) is 2.76. The monoisotopic (exact) mass is 370 g/mol. The molecule has 2 aromatic carbocycles. The molecular weight excluding hydrogens is 352 g/mol. The summed E-state index contributed by atoms with van der Waals surface area (Å²) in [5.74, 6) is 1.18. The molecule has 6 heteroatoms. The highest BCUT2D eigenvalue weighted by molar-refractivity contribution is 6.34. The fraction of sp³-hybridized carbons (Fsp3) is 0.200. The van der Waals surface area contributed by atoms with Gasteiger partial charge in [0.15, 0.2) is 0 Å². The third-order valence-electron chi connectivity index (χ3n) is 4.05. The molecule has 0 atom stereocenters. The Balaban J connectivity index is 1.64. The third kappa shape index (κ3) is 4.06. The number of halogens is 1. The quantitative estimate of drug-likeness (QED) is 0.679. The van der Waals surface area contributed by atoms with E-state index in [2.05, 4.69) is 10.5 Å². The molecule has 0 saturated heterocycles. The summed E-state index contributed by atoms with van der Waals surface area (Å²) in [6, 6.07) is 12.4. The Kier molecular flexibility index (Phi) is 5.28. The minimum Gasteiger partial charge on any atom is -0.489 e. The summed E-state index contributed by atoms with van der Waals surface area (Å²) in [6.45, 7) is 6.03. The van der Waals surface area contributed by atoms with Crippen LogP contribution in [0, 0.1) is 20.8 Å². The van der Waals surface area contributed by atoms with Crippen LogP contribution in [-0.4, -0.2) is 11.1 Å². The molecule has 1 amide bonds. The first-order valence-electron chi connectivity index (χ1n) is 8.16. The number of aryl methyl sites for hydroxylation is 3. The Morgan fingerprint density at radius 3 is 2.50 bits per heavy atom. The molecule has 0 bridgehead atoms. The molecule has 1 aromatic heterocycles. The Hall–Kier alpha value is -2.79. The van der Waals surface area contributed by atoms with Gasteiger partial charge in [-0.2, -0.15) is 0 Å². The Morgan fingerprint density at radius 1 is 1.15 bits per heavy atom. The standard InChI is InChI=1S/C20H19ClN2O3/c1-12-4-9-19(18(21)10-12)22-20(24)15-5-7-16(8-6-15)25-11-17-13(2)23-26-14(17)3/h4-10H,11H2,1-3H3,(H,22,24). The summed E-state index contributed by atoms with van der Waals surface area (Å²) in [6.07, 6.45) is 0. The topological polar surface area (TPSA) is 64.4 Å². The molecule has 0 aliphatic heterocycles. The lowest BCUT2D eigenvalue weighted by molar-refractivity contribution is 0.102. The number of rotatable bonds is 5. The second-order valence-corrected chi connectivity index (χ2v) is 6.46. The molecule has 134 valence electrons. The Bertz CT molecular complexity index is 913. The molecule has 0 unspecified atom stereocenters. The van der Waals surface area contributed by atoms with Crippen LogP contribution in [0.1, 0.15) is 32.9 Å². The van der Waals surface area contributed by atoms with Gasteiger partial charge < -0.3 is 14.6 Å². The van der Waals surface area contributed by atoms with Crippen molar-refractivity contribution >= 4 is 23.2 Å². The van der Waals surface area contributed by atoms with Gasteiger partial charge in [-0.25, -0.2) is 0 Å². The van der Waals surface area contributed by atoms with Gasteiger partial charge in [-0.3, -0.25) is 4.79 Å². The van der Waals surface area contributed by atoms with Crippen molar-refractivity contribution in [1.29, 1.82) is 0 Å². The average molecular weight is 371 g/mol. The number of aromatic nitrogens is 1. The van der Waals surface area contributed by atoms with Gasteiger partial charge in [-0.15, -0.1) is 0 Å². The highest BCUT2D eigenvalue weighted by atomic mass is 35.5. The molecular formula is C20H19ClN2O3. The van der Waals surface area contributed by atoms with Gasteiger partial charge in [0.25, 0.3) is 5.91 Å². The SMILES string of the molecule is Cc1ccc(NC(=O)c2ccc(OCc3c(C)noc3C)cc2)c(Cl)c1. The predicted octanol–water partition coefficient (Wildman–Crippen LogP) is 5.08. The van der Waals surface area contributed by atoms with E-state index >= 15 is 0 Å². The van der Waals surface area contributed by atoms with E-state index in [1.165, 1.54) is 0 Å². The zero-order chi connectivity index (χ0) is 18.7. The van der Waals surface area contributed by atoms with Gasteiger partial charge in [-0.05, 0) is 62.7 Å². The normalized spacial score (nSPS) is 10.6. The Labute approximate surface area is 156 Å². The predicted molar refractivity (Wildman–Crippen MR) is 101 cm³/mol. The van der Waals surface area contributed by atoms with Gasteiger partial charge in [0.1, 0.15) is 18.1 Å². The first-order chi connectivity index (χ1) is 12.4. The van der Waals surface area contributed by atoms with Crippen LogP contribution in [0.3, 0.4) is 0 Å². The van der Waals surface area contributed by atoms with E-state index in [4.69, 9.17) is 20.9 Å². The van der Waals surface area contributed by atoms with Gasteiger partial charge >= 0.3 is 0 Å². The van der Waals surface area contributed by atoms with Crippen LogP contribution in [0.15, 0.2) is 47.0 Å². The molecule has 0 spiro atoms. The molecule has 26 heavy (non-hydrogen) atoms. The second-order valence-electron chi connectivity index (χ2n) is 6.05. The van der Waals surface area contributed by atoms with Gasteiger partial charge in [0.2, 0.25) is 0 Å². The summed E-state index contributed by atoms with van der Waals surface area (Å²) in [5, 5.41) is 7.22. The zero-order valence-corrected chi connectivity index (χ0v) is 15.6. The number of hydrogen-bond acceptors (Lipinski definition) is 4. The largest absolute Gasteiger partial charge is 0.489 e. The van der Waals surface area contributed by atoms with Crippen molar-refractivity contribution in [3.63, 3.8) is 0 Å². The van der Waals surface area contributed by atoms with Crippen molar-refractivity contribution in [2.24, 2.45) is 0 Å². The molecule has 0 saturated carbocycles. The van der Waals surface area contributed by atoms with E-state index in [-0.39, 0.29) is 5.91 Å². The molecule has 3 rings (SSSR count). The van der Waals surface area contributed by atoms with E-state index in [1.807, 2.05) is 32.9 Å². The maximum atomic E-state index is 12.4. The highest BCUT2D eigenvalue weighted by Gasteiger charge is 2.11. The lowest BCUT2D eigenvalue weighted by atomic mass is 10.2. The highest BCUT2D eigenvalue weighted by Crippen LogP contribution is 2.24. The minimum absolute atomic E-state index is 0.229. The van der Waals surface area contributed by atoms with E-state index < -0.39 is 0 Å². The smallest absolute Gasteiger partial charge is 0.255 e. The lowest BCUT2D eigenvalue weighted by Crippen LogP contribution is -2.12. The van der Waals surface area contributed by atoms with E-state index in [1.54, 1.807) is 30.3 Å². The summed E-state index contributed by atoms with van der Waals surface area (Å²) in [5.41, 5.74) is 3.88. The summed E-state index contributed by atoms with van der Waals surface area (Å²) >= 11 is 6.15. The third-order valence-corrected chi connectivity index (χ3v) is 4.37. The first-order valence-corrected chi connectivity index (χ1v) is 8.54. The molecule has 0 aliphatic carbocycles. The molecule has 5 nitrogen and oxygen atoms in total. The number of nitrogens with zero attached hydrogens (tertiary/aromatic N) is 1. The van der Waals surface area contributed by atoms with Crippen molar-refractivity contribution in [2.75, 3.05) is 5.32 Å². The van der Waals surface area contributed by atoms with Crippen LogP contribution in [-0.2, 0) is 6.61 Å². The van der Waals surface area contributed by atoms with Crippen LogP contribution in [0.25, 0.3) is 0 Å². The average Bonchev–Trinajstić information content (AvgIpc) is 2.94. The number of carbonyl (C=O) groups is 1. The van der Waals surface area contributed by atoms with Crippen molar-refractivity contribution in [3.05, 3.63) is 75.6 Å². The van der Waals surface area contributed by atoms with E-state index in [0.717, 1.165) is 22.6 Å². The fourth-order valence-electron chi connectivity index (χ4n) is 2.48. The number of amides is 1. The number of anilines is 1. The number of hydrogen-bond donors (Lipinski definition) is 1. The molecule has 3 aromatic rings. The van der Waals surface area contributed by atoms with Crippen LogP contribution in [0.5, 0.6) is 5.75 Å². The van der Waals surface area contributed by atoms with Crippen LogP contribution >= 0.6 is 11.6 Å². The van der Waals surface area contributed by atoms with Crippen LogP contribution in [0.4, 0.5) is 5.69 Å².